The Morgan fingerprint density at radius 2 is 2.10 bits per heavy atom. The smallest absolute Gasteiger partial charge is 0.237 e. The van der Waals surface area contributed by atoms with Gasteiger partial charge in [0, 0.05) is 50.8 Å². The van der Waals surface area contributed by atoms with E-state index in [0.29, 0.717) is 25.9 Å². The van der Waals surface area contributed by atoms with Crippen molar-refractivity contribution < 1.29 is 9.59 Å². The molecule has 2 atom stereocenters. The fourth-order valence-corrected chi connectivity index (χ4v) is 4.90. The number of nitrogens with one attached hydrogen (secondary N) is 1. The number of nitrogens with zero attached hydrogens (tertiary/aromatic N) is 5. The number of anilines is 1. The number of imidazole rings is 1. The summed E-state index contributed by atoms with van der Waals surface area (Å²) in [5.41, 5.74) is 1.87. The largest absolute Gasteiger partial charge is 0.336 e. The lowest BCUT2D eigenvalue weighted by Gasteiger charge is -2.33. The maximum Gasteiger partial charge on any atom is 0.237 e. The lowest BCUT2D eigenvalue weighted by atomic mass is 9.74. The molecule has 30 heavy (non-hydrogen) atoms. The Balaban J connectivity index is 1.52. The summed E-state index contributed by atoms with van der Waals surface area (Å²) in [7, 11) is 1.91. The highest BCUT2D eigenvalue weighted by Crippen LogP contribution is 2.54. The highest BCUT2D eigenvalue weighted by molar-refractivity contribution is 6.07. The maximum atomic E-state index is 13.3. The fraction of sp³-hybridized carbons (Fsp3) is 0.364. The molecular weight excluding hydrogens is 380 g/mol. The number of benzene rings is 1. The van der Waals surface area contributed by atoms with Gasteiger partial charge >= 0.3 is 0 Å². The number of fused-ring (bicyclic) bond motifs is 2. The highest BCUT2D eigenvalue weighted by atomic mass is 16.2. The summed E-state index contributed by atoms with van der Waals surface area (Å²) >= 11 is 0. The predicted octanol–water partition coefficient (Wildman–Crippen LogP) is 2.18. The molecule has 0 unspecified atom stereocenters. The molecule has 5 rings (SSSR count). The molecule has 8 heteroatoms. The first-order chi connectivity index (χ1) is 14.5. The number of amides is 2. The summed E-state index contributed by atoms with van der Waals surface area (Å²) in [5.74, 6) is 0.669. The highest BCUT2D eigenvalue weighted by Gasteiger charge is 2.60. The molecule has 3 aromatic rings. The minimum atomic E-state index is -0.826. The molecule has 1 aromatic carbocycles. The summed E-state index contributed by atoms with van der Waals surface area (Å²) in [4.78, 5) is 33.0. The van der Waals surface area contributed by atoms with Gasteiger partial charge in [0.25, 0.3) is 0 Å². The van der Waals surface area contributed by atoms with Crippen molar-refractivity contribution in [2.75, 3.05) is 11.9 Å². The minimum Gasteiger partial charge on any atom is -0.336 e. The van der Waals surface area contributed by atoms with Gasteiger partial charge in [-0.1, -0.05) is 18.2 Å². The van der Waals surface area contributed by atoms with E-state index in [0.717, 1.165) is 22.8 Å². The molecule has 4 heterocycles. The van der Waals surface area contributed by atoms with Crippen LogP contribution < -0.4 is 5.32 Å². The summed E-state index contributed by atoms with van der Waals surface area (Å²) in [6.45, 7) is 2.94. The van der Waals surface area contributed by atoms with Crippen LogP contribution in [0, 0.1) is 6.92 Å². The van der Waals surface area contributed by atoms with E-state index in [9.17, 15) is 9.59 Å². The summed E-state index contributed by atoms with van der Waals surface area (Å²) in [6.07, 6.45) is 6.34. The van der Waals surface area contributed by atoms with E-state index in [1.54, 1.807) is 10.9 Å². The van der Waals surface area contributed by atoms with E-state index < -0.39 is 11.5 Å². The number of likely N-dealkylation sites (tertiary alicyclic amines) is 1. The quantitative estimate of drug-likeness (QED) is 0.722. The average molecular weight is 404 g/mol. The van der Waals surface area contributed by atoms with Gasteiger partial charge in [-0.3, -0.25) is 14.3 Å². The van der Waals surface area contributed by atoms with Gasteiger partial charge in [0.05, 0.1) is 5.69 Å². The van der Waals surface area contributed by atoms with Crippen molar-refractivity contribution in [1.82, 2.24) is 24.2 Å². The lowest BCUT2D eigenvalue weighted by molar-refractivity contribution is -0.134. The van der Waals surface area contributed by atoms with Crippen molar-refractivity contribution in [3.8, 4) is 0 Å². The molecule has 1 saturated heterocycles. The molecule has 8 nitrogen and oxygen atoms in total. The van der Waals surface area contributed by atoms with E-state index in [-0.39, 0.29) is 11.8 Å². The second-order valence-corrected chi connectivity index (χ2v) is 8.08. The number of carbonyl (C=O) groups excluding carboxylic acids is 2. The molecule has 1 N–H and O–H groups in total. The zero-order valence-corrected chi connectivity index (χ0v) is 17.1. The third kappa shape index (κ3) is 2.67. The molecule has 1 fully saturated rings. The van der Waals surface area contributed by atoms with Crippen molar-refractivity contribution in [3.63, 3.8) is 0 Å². The van der Waals surface area contributed by atoms with Crippen LogP contribution in [0.2, 0.25) is 0 Å². The number of rotatable bonds is 4. The fourth-order valence-electron chi connectivity index (χ4n) is 4.90. The van der Waals surface area contributed by atoms with Gasteiger partial charge in [0.15, 0.2) is 0 Å². The van der Waals surface area contributed by atoms with Gasteiger partial charge in [0.2, 0.25) is 11.8 Å². The van der Waals surface area contributed by atoms with Gasteiger partial charge in [-0.15, -0.1) is 0 Å². The molecular formula is C22H24N6O2. The normalized spacial score (nSPS) is 22.5. The van der Waals surface area contributed by atoms with Crippen molar-refractivity contribution in [2.24, 2.45) is 7.05 Å². The van der Waals surface area contributed by atoms with Gasteiger partial charge < -0.3 is 14.8 Å². The summed E-state index contributed by atoms with van der Waals surface area (Å²) in [5, 5.41) is 7.40. The van der Waals surface area contributed by atoms with Crippen LogP contribution in [-0.4, -0.2) is 42.6 Å². The number of carbonyl (C=O) groups is 2. The van der Waals surface area contributed by atoms with Gasteiger partial charge in [-0.2, -0.15) is 5.10 Å². The zero-order valence-electron chi connectivity index (χ0n) is 17.1. The van der Waals surface area contributed by atoms with Gasteiger partial charge in [-0.05, 0) is 31.0 Å². The van der Waals surface area contributed by atoms with Crippen LogP contribution >= 0.6 is 0 Å². The average Bonchev–Trinajstić information content (AvgIpc) is 3.49. The van der Waals surface area contributed by atoms with Crippen molar-refractivity contribution in [1.29, 1.82) is 0 Å². The Labute approximate surface area is 174 Å². The summed E-state index contributed by atoms with van der Waals surface area (Å²) < 4.78 is 3.69. The number of hydrogen-bond donors (Lipinski definition) is 1. The first-order valence-corrected chi connectivity index (χ1v) is 10.2. The Kier molecular flexibility index (Phi) is 4.23. The predicted molar refractivity (Wildman–Crippen MR) is 111 cm³/mol. The third-order valence-electron chi connectivity index (χ3n) is 6.34. The monoisotopic (exact) mass is 404 g/mol. The van der Waals surface area contributed by atoms with Crippen molar-refractivity contribution in [2.45, 2.75) is 37.8 Å². The Morgan fingerprint density at radius 3 is 2.83 bits per heavy atom. The first kappa shape index (κ1) is 18.6. The molecule has 2 aliphatic rings. The van der Waals surface area contributed by atoms with Crippen LogP contribution in [0.3, 0.4) is 0 Å². The first-order valence-electron chi connectivity index (χ1n) is 10.2. The van der Waals surface area contributed by atoms with Crippen LogP contribution in [0.4, 0.5) is 5.69 Å². The van der Waals surface area contributed by atoms with Gasteiger partial charge in [0.1, 0.15) is 17.3 Å². The molecule has 0 radical (unpaired) electrons. The van der Waals surface area contributed by atoms with E-state index in [1.165, 1.54) is 0 Å². The van der Waals surface area contributed by atoms with Crippen molar-refractivity contribution >= 4 is 17.5 Å². The topological polar surface area (TPSA) is 85.0 Å². The number of aryl methyl sites for hydroxylation is 3. The zero-order chi connectivity index (χ0) is 20.9. The van der Waals surface area contributed by atoms with Crippen LogP contribution in [0.15, 0.2) is 48.9 Å². The Bertz CT molecular complexity index is 1130. The molecule has 2 aromatic heterocycles. The Hall–Kier alpha value is -3.42. The van der Waals surface area contributed by atoms with Gasteiger partial charge in [-0.25, -0.2) is 4.98 Å². The Morgan fingerprint density at radius 1 is 1.27 bits per heavy atom. The van der Waals surface area contributed by atoms with Crippen LogP contribution in [0.1, 0.15) is 36.0 Å². The number of hydrogen-bond acceptors (Lipinski definition) is 4. The standard InChI is InChI=1S/C22H24N6O2/c1-15-7-11-27(25-15)12-8-18(29)28-13-9-22(19(28)20-23-10-14-26(20)2)16-5-3-4-6-17(16)24-21(22)30/h3-7,10-11,14,19H,8-9,12-13H2,1-2H3,(H,24,30)/t19-,22+/m0/s1. The number of aromatic nitrogens is 4. The molecule has 154 valence electrons. The minimum absolute atomic E-state index is 0.00482. The molecule has 2 amide bonds. The van der Waals surface area contributed by atoms with E-state index in [4.69, 9.17) is 0 Å². The van der Waals surface area contributed by atoms with Crippen LogP contribution in [-0.2, 0) is 28.6 Å². The second kappa shape index (κ2) is 6.83. The second-order valence-electron chi connectivity index (χ2n) is 8.08. The van der Waals surface area contributed by atoms with E-state index in [1.807, 2.05) is 66.2 Å². The number of para-hydroxylation sites is 1. The molecule has 0 aliphatic carbocycles. The molecule has 2 aliphatic heterocycles. The van der Waals surface area contributed by atoms with Crippen LogP contribution in [0.5, 0.6) is 0 Å². The molecule has 0 bridgehead atoms. The van der Waals surface area contributed by atoms with E-state index in [2.05, 4.69) is 15.4 Å². The molecule has 0 saturated carbocycles. The van der Waals surface area contributed by atoms with Crippen molar-refractivity contribution in [3.05, 3.63) is 66.0 Å². The summed E-state index contributed by atoms with van der Waals surface area (Å²) in [6, 6.07) is 9.24. The molecule has 1 spiro atoms. The third-order valence-corrected chi connectivity index (χ3v) is 6.34. The maximum absolute atomic E-state index is 13.3. The lowest BCUT2D eigenvalue weighted by Crippen LogP contribution is -2.44. The van der Waals surface area contributed by atoms with E-state index >= 15 is 0 Å². The van der Waals surface area contributed by atoms with Crippen LogP contribution in [0.25, 0.3) is 0 Å². The SMILES string of the molecule is Cc1ccn(CCC(=O)N2CC[C@]3(C(=O)Nc4ccccc43)[C@@H]2c2nccn2C)n1.